The number of hydrogen-bond donors (Lipinski definition) is 1. The van der Waals surface area contributed by atoms with Gasteiger partial charge < -0.3 is 14.2 Å². The van der Waals surface area contributed by atoms with Crippen LogP contribution in [0.4, 0.5) is 14.9 Å². The molecule has 10 heteroatoms. The molecule has 4 amide bonds. The highest BCUT2D eigenvalue weighted by atomic mass is 79.9. The molecule has 1 heterocycles. The standard InChI is InChI=1S/C28H24BrFN2O6/c1-3-36-21-10-8-20(9-11-21)32-27(34)22(26(33)31-28(32)35)13-18-14-23(29)25(24(15-18)37-4-2)38-16-17-6-5-7-19(30)12-17/h5-15H,3-4,16H2,1-2H3,(H,31,33,35)/b22-13+. The first kappa shape index (κ1) is 26.9. The summed E-state index contributed by atoms with van der Waals surface area (Å²) in [7, 11) is 0. The van der Waals surface area contributed by atoms with Crippen molar-refractivity contribution < 1.29 is 33.0 Å². The molecule has 1 N–H and O–H groups in total. The van der Waals surface area contributed by atoms with Crippen molar-refractivity contribution in [3.05, 3.63) is 87.7 Å². The number of carbonyl (C=O) groups excluding carboxylic acids is 3. The van der Waals surface area contributed by atoms with E-state index in [1.807, 2.05) is 6.92 Å². The number of amides is 4. The minimum atomic E-state index is -0.849. The Morgan fingerprint density at radius 2 is 1.68 bits per heavy atom. The summed E-state index contributed by atoms with van der Waals surface area (Å²) in [6.45, 7) is 4.53. The molecule has 38 heavy (non-hydrogen) atoms. The van der Waals surface area contributed by atoms with Gasteiger partial charge in [-0.15, -0.1) is 0 Å². The van der Waals surface area contributed by atoms with Crippen LogP contribution in [0.5, 0.6) is 17.2 Å². The maximum atomic E-state index is 13.5. The third-order valence-electron chi connectivity index (χ3n) is 5.42. The smallest absolute Gasteiger partial charge is 0.335 e. The lowest BCUT2D eigenvalue weighted by molar-refractivity contribution is -0.122. The number of anilines is 1. The number of rotatable bonds is 9. The van der Waals surface area contributed by atoms with E-state index in [1.165, 1.54) is 18.2 Å². The first-order valence-electron chi connectivity index (χ1n) is 11.8. The SMILES string of the molecule is CCOc1ccc(N2C(=O)NC(=O)/C(=C\c3cc(Br)c(OCc4cccc(F)c4)c(OCC)c3)C2=O)cc1. The molecule has 0 saturated carbocycles. The Kier molecular flexibility index (Phi) is 8.42. The molecule has 3 aromatic carbocycles. The van der Waals surface area contributed by atoms with Gasteiger partial charge in [0, 0.05) is 0 Å². The van der Waals surface area contributed by atoms with Crippen molar-refractivity contribution in [1.29, 1.82) is 0 Å². The lowest BCUT2D eigenvalue weighted by Gasteiger charge is -2.26. The molecule has 1 aliphatic rings. The average Bonchev–Trinajstić information content (AvgIpc) is 2.87. The number of halogens is 2. The van der Waals surface area contributed by atoms with E-state index in [9.17, 15) is 18.8 Å². The van der Waals surface area contributed by atoms with Crippen LogP contribution in [0.1, 0.15) is 25.0 Å². The van der Waals surface area contributed by atoms with Crippen LogP contribution in [0.2, 0.25) is 0 Å². The number of benzene rings is 3. The quantitative estimate of drug-likeness (QED) is 0.259. The molecular weight excluding hydrogens is 559 g/mol. The summed E-state index contributed by atoms with van der Waals surface area (Å²) in [5.74, 6) is -0.644. The van der Waals surface area contributed by atoms with Crippen molar-refractivity contribution in [2.45, 2.75) is 20.5 Å². The van der Waals surface area contributed by atoms with Gasteiger partial charge in [0.25, 0.3) is 11.8 Å². The zero-order chi connectivity index (χ0) is 27.2. The van der Waals surface area contributed by atoms with Crippen LogP contribution < -0.4 is 24.4 Å². The van der Waals surface area contributed by atoms with Crippen LogP contribution in [-0.2, 0) is 16.2 Å². The maximum Gasteiger partial charge on any atom is 0.335 e. The molecule has 4 rings (SSSR count). The fourth-order valence-electron chi connectivity index (χ4n) is 3.77. The average molecular weight is 583 g/mol. The summed E-state index contributed by atoms with van der Waals surface area (Å²) in [4.78, 5) is 39.3. The second kappa shape index (κ2) is 11.9. The Hall–Kier alpha value is -4.18. The number of carbonyl (C=O) groups is 3. The summed E-state index contributed by atoms with van der Waals surface area (Å²) < 4.78 is 31.1. The van der Waals surface area contributed by atoms with Gasteiger partial charge in [0.2, 0.25) is 0 Å². The van der Waals surface area contributed by atoms with Gasteiger partial charge in [0.1, 0.15) is 23.7 Å². The van der Waals surface area contributed by atoms with E-state index >= 15 is 0 Å². The van der Waals surface area contributed by atoms with Crippen molar-refractivity contribution in [1.82, 2.24) is 5.32 Å². The van der Waals surface area contributed by atoms with Crippen molar-refractivity contribution in [2.24, 2.45) is 0 Å². The van der Waals surface area contributed by atoms with E-state index < -0.39 is 17.8 Å². The summed E-state index contributed by atoms with van der Waals surface area (Å²) >= 11 is 3.46. The zero-order valence-electron chi connectivity index (χ0n) is 20.6. The Balaban J connectivity index is 1.63. The highest BCUT2D eigenvalue weighted by Gasteiger charge is 2.37. The number of barbiturate groups is 1. The van der Waals surface area contributed by atoms with Gasteiger partial charge in [-0.2, -0.15) is 0 Å². The molecule has 0 unspecified atom stereocenters. The molecule has 196 valence electrons. The fraction of sp³-hybridized carbons (Fsp3) is 0.179. The molecule has 0 atom stereocenters. The number of nitrogens with one attached hydrogen (secondary N) is 1. The molecule has 1 aliphatic heterocycles. The molecule has 1 fully saturated rings. The summed E-state index contributed by atoms with van der Waals surface area (Å²) in [5, 5.41) is 2.21. The van der Waals surface area contributed by atoms with Gasteiger partial charge >= 0.3 is 6.03 Å². The third-order valence-corrected chi connectivity index (χ3v) is 6.01. The molecule has 0 aromatic heterocycles. The number of imide groups is 2. The van der Waals surface area contributed by atoms with Crippen LogP contribution in [0.25, 0.3) is 6.08 Å². The zero-order valence-corrected chi connectivity index (χ0v) is 22.2. The van der Waals surface area contributed by atoms with Gasteiger partial charge in [0.15, 0.2) is 11.5 Å². The Morgan fingerprint density at radius 1 is 0.947 bits per heavy atom. The van der Waals surface area contributed by atoms with Crippen molar-refractivity contribution in [3.8, 4) is 17.2 Å². The van der Waals surface area contributed by atoms with Crippen molar-refractivity contribution >= 4 is 45.5 Å². The largest absolute Gasteiger partial charge is 0.494 e. The number of nitrogens with zero attached hydrogens (tertiary/aromatic N) is 1. The Morgan fingerprint density at radius 3 is 2.37 bits per heavy atom. The van der Waals surface area contributed by atoms with Crippen LogP contribution in [0.15, 0.2) is 70.7 Å². The van der Waals surface area contributed by atoms with Crippen LogP contribution in [0, 0.1) is 5.82 Å². The van der Waals surface area contributed by atoms with Gasteiger partial charge in [-0.3, -0.25) is 14.9 Å². The molecule has 0 spiro atoms. The van der Waals surface area contributed by atoms with E-state index in [4.69, 9.17) is 14.2 Å². The summed E-state index contributed by atoms with van der Waals surface area (Å²) in [5.41, 5.74) is 1.14. The normalized spacial score (nSPS) is 14.5. The second-order valence-electron chi connectivity index (χ2n) is 8.07. The van der Waals surface area contributed by atoms with E-state index in [0.717, 1.165) is 4.90 Å². The Bertz CT molecular complexity index is 1410. The van der Waals surface area contributed by atoms with Gasteiger partial charge in [-0.05, 0) is 95.5 Å². The first-order chi connectivity index (χ1) is 18.3. The predicted molar refractivity (Wildman–Crippen MR) is 143 cm³/mol. The molecule has 0 bridgehead atoms. The Labute approximate surface area is 227 Å². The van der Waals surface area contributed by atoms with Crippen LogP contribution >= 0.6 is 15.9 Å². The molecule has 1 saturated heterocycles. The van der Waals surface area contributed by atoms with Crippen molar-refractivity contribution in [3.63, 3.8) is 0 Å². The fourth-order valence-corrected chi connectivity index (χ4v) is 4.35. The third kappa shape index (κ3) is 6.03. The number of hydrogen-bond acceptors (Lipinski definition) is 6. The molecule has 8 nitrogen and oxygen atoms in total. The summed E-state index contributed by atoms with van der Waals surface area (Å²) in [6, 6.07) is 14.8. The molecule has 3 aromatic rings. The first-order valence-corrected chi connectivity index (χ1v) is 12.6. The monoisotopic (exact) mass is 582 g/mol. The van der Waals surface area contributed by atoms with Crippen molar-refractivity contribution in [2.75, 3.05) is 18.1 Å². The number of ether oxygens (including phenoxy) is 3. The molecular formula is C28H24BrFN2O6. The highest BCUT2D eigenvalue weighted by Crippen LogP contribution is 2.38. The van der Waals surface area contributed by atoms with E-state index in [1.54, 1.807) is 55.5 Å². The number of urea groups is 1. The van der Waals surface area contributed by atoms with Crippen LogP contribution in [-0.4, -0.2) is 31.1 Å². The van der Waals surface area contributed by atoms with Gasteiger partial charge in [0.05, 0.1) is 23.4 Å². The molecule has 0 radical (unpaired) electrons. The van der Waals surface area contributed by atoms with Gasteiger partial charge in [-0.1, -0.05) is 12.1 Å². The lowest BCUT2D eigenvalue weighted by atomic mass is 10.1. The minimum absolute atomic E-state index is 0.0942. The highest BCUT2D eigenvalue weighted by molar-refractivity contribution is 9.10. The van der Waals surface area contributed by atoms with Crippen LogP contribution in [0.3, 0.4) is 0 Å². The maximum absolute atomic E-state index is 13.5. The summed E-state index contributed by atoms with van der Waals surface area (Å²) in [6.07, 6.45) is 1.37. The predicted octanol–water partition coefficient (Wildman–Crippen LogP) is 5.63. The molecule has 0 aliphatic carbocycles. The van der Waals surface area contributed by atoms with E-state index in [2.05, 4.69) is 21.2 Å². The minimum Gasteiger partial charge on any atom is -0.494 e. The van der Waals surface area contributed by atoms with E-state index in [0.29, 0.717) is 46.1 Å². The topological polar surface area (TPSA) is 94.2 Å². The lowest BCUT2D eigenvalue weighted by Crippen LogP contribution is -2.54. The second-order valence-corrected chi connectivity index (χ2v) is 8.92. The van der Waals surface area contributed by atoms with E-state index in [-0.39, 0.29) is 23.7 Å². The van der Waals surface area contributed by atoms with Gasteiger partial charge in [-0.25, -0.2) is 14.1 Å².